The summed E-state index contributed by atoms with van der Waals surface area (Å²) in [6.07, 6.45) is 2.69. The molecule has 2 N–H and O–H groups in total. The summed E-state index contributed by atoms with van der Waals surface area (Å²) in [5.74, 6) is -1.17. The zero-order chi connectivity index (χ0) is 13.7. The molecule has 1 unspecified atom stereocenters. The molecule has 0 radical (unpaired) electrons. The lowest BCUT2D eigenvalue weighted by Crippen LogP contribution is -2.35. The fourth-order valence-electron chi connectivity index (χ4n) is 1.70. The van der Waals surface area contributed by atoms with Crippen LogP contribution in [0.2, 0.25) is 0 Å². The first-order valence-electron chi connectivity index (χ1n) is 5.82. The van der Waals surface area contributed by atoms with Crippen LogP contribution in [-0.4, -0.2) is 27.6 Å². The molecule has 0 spiro atoms. The SMILES string of the molecule is CCCn1cc(Br)cc1C(=O)NC(C)CC(=O)O. The van der Waals surface area contributed by atoms with Gasteiger partial charge in [-0.05, 0) is 35.3 Å². The number of hydrogen-bond acceptors (Lipinski definition) is 2. The third-order valence-corrected chi connectivity index (χ3v) is 2.85. The van der Waals surface area contributed by atoms with Crippen molar-refractivity contribution in [1.82, 2.24) is 9.88 Å². The predicted molar refractivity (Wildman–Crippen MR) is 71.6 cm³/mol. The summed E-state index contributed by atoms with van der Waals surface area (Å²) in [5.41, 5.74) is 0.543. The van der Waals surface area contributed by atoms with Gasteiger partial charge in [0.15, 0.2) is 0 Å². The number of amides is 1. The van der Waals surface area contributed by atoms with Crippen LogP contribution in [0.15, 0.2) is 16.7 Å². The number of carboxylic acid groups (broad SMARTS) is 1. The zero-order valence-electron chi connectivity index (χ0n) is 10.4. The van der Waals surface area contributed by atoms with Gasteiger partial charge in [-0.25, -0.2) is 0 Å². The summed E-state index contributed by atoms with van der Waals surface area (Å²) < 4.78 is 2.69. The first kappa shape index (κ1) is 14.8. The van der Waals surface area contributed by atoms with Crippen molar-refractivity contribution in [3.63, 3.8) is 0 Å². The highest BCUT2D eigenvalue weighted by Crippen LogP contribution is 2.15. The van der Waals surface area contributed by atoms with Crippen molar-refractivity contribution in [2.45, 2.75) is 39.3 Å². The molecular formula is C12H17BrN2O3. The monoisotopic (exact) mass is 316 g/mol. The average molecular weight is 317 g/mol. The molecule has 100 valence electrons. The Labute approximate surface area is 114 Å². The van der Waals surface area contributed by atoms with E-state index in [9.17, 15) is 9.59 Å². The van der Waals surface area contributed by atoms with Crippen molar-refractivity contribution in [1.29, 1.82) is 0 Å². The quantitative estimate of drug-likeness (QED) is 0.845. The fourth-order valence-corrected chi connectivity index (χ4v) is 2.17. The van der Waals surface area contributed by atoms with E-state index in [2.05, 4.69) is 21.2 Å². The van der Waals surface area contributed by atoms with E-state index in [-0.39, 0.29) is 12.3 Å². The number of nitrogens with one attached hydrogen (secondary N) is 1. The number of carbonyl (C=O) groups is 2. The molecule has 1 atom stereocenters. The smallest absolute Gasteiger partial charge is 0.305 e. The standard InChI is InChI=1S/C12H17BrN2O3/c1-3-4-15-7-9(13)6-10(15)12(18)14-8(2)5-11(16)17/h6-8H,3-5H2,1-2H3,(H,14,18)(H,16,17). The lowest BCUT2D eigenvalue weighted by atomic mass is 10.2. The lowest BCUT2D eigenvalue weighted by Gasteiger charge is -2.13. The fraction of sp³-hybridized carbons (Fsp3) is 0.500. The molecule has 1 heterocycles. The summed E-state index contributed by atoms with van der Waals surface area (Å²) in [5, 5.41) is 11.3. The number of halogens is 1. The summed E-state index contributed by atoms with van der Waals surface area (Å²) >= 11 is 3.33. The molecule has 0 fully saturated rings. The molecule has 0 aliphatic heterocycles. The van der Waals surface area contributed by atoms with Gasteiger partial charge in [0.05, 0.1) is 6.42 Å². The molecule has 0 aliphatic rings. The van der Waals surface area contributed by atoms with Crippen molar-refractivity contribution in [2.24, 2.45) is 0 Å². The lowest BCUT2D eigenvalue weighted by molar-refractivity contribution is -0.137. The van der Waals surface area contributed by atoms with Crippen molar-refractivity contribution in [2.75, 3.05) is 0 Å². The molecule has 1 rings (SSSR count). The van der Waals surface area contributed by atoms with E-state index in [1.807, 2.05) is 17.7 Å². The van der Waals surface area contributed by atoms with Gasteiger partial charge in [0.2, 0.25) is 0 Å². The van der Waals surface area contributed by atoms with Crippen LogP contribution in [0.3, 0.4) is 0 Å². The van der Waals surface area contributed by atoms with Crippen LogP contribution in [0, 0.1) is 0 Å². The summed E-state index contributed by atoms with van der Waals surface area (Å²) in [6, 6.07) is 1.34. The van der Waals surface area contributed by atoms with Crippen LogP contribution in [0.25, 0.3) is 0 Å². The molecule has 18 heavy (non-hydrogen) atoms. The van der Waals surface area contributed by atoms with Gasteiger partial charge in [0, 0.05) is 23.3 Å². The molecule has 1 aromatic heterocycles. The van der Waals surface area contributed by atoms with Gasteiger partial charge in [-0.3, -0.25) is 9.59 Å². The molecule has 5 nitrogen and oxygen atoms in total. The molecule has 0 aromatic carbocycles. The Kier molecular flexibility index (Phi) is 5.40. The Balaban J connectivity index is 2.74. The summed E-state index contributed by atoms with van der Waals surface area (Å²) in [4.78, 5) is 22.5. The number of rotatable bonds is 6. The minimum atomic E-state index is -0.923. The molecule has 0 bridgehead atoms. The Morgan fingerprint density at radius 2 is 2.22 bits per heavy atom. The van der Waals surface area contributed by atoms with Gasteiger partial charge in [-0.15, -0.1) is 0 Å². The third-order valence-electron chi connectivity index (χ3n) is 2.42. The maximum Gasteiger partial charge on any atom is 0.305 e. The number of carboxylic acids is 1. The van der Waals surface area contributed by atoms with E-state index < -0.39 is 12.0 Å². The Bertz CT molecular complexity index is 443. The van der Waals surface area contributed by atoms with E-state index >= 15 is 0 Å². The van der Waals surface area contributed by atoms with Crippen LogP contribution < -0.4 is 5.32 Å². The second kappa shape index (κ2) is 6.58. The van der Waals surface area contributed by atoms with E-state index in [1.54, 1.807) is 13.0 Å². The topological polar surface area (TPSA) is 71.3 Å². The van der Waals surface area contributed by atoms with Gasteiger partial charge in [-0.2, -0.15) is 0 Å². The number of nitrogens with zero attached hydrogens (tertiary/aromatic N) is 1. The highest BCUT2D eigenvalue weighted by atomic mass is 79.9. The highest BCUT2D eigenvalue weighted by Gasteiger charge is 2.16. The third kappa shape index (κ3) is 4.18. The van der Waals surface area contributed by atoms with Crippen molar-refractivity contribution >= 4 is 27.8 Å². The average Bonchev–Trinajstić information content (AvgIpc) is 2.58. The molecule has 0 saturated heterocycles. The Hall–Kier alpha value is -1.30. The minimum absolute atomic E-state index is 0.0819. The number of carbonyl (C=O) groups excluding carboxylic acids is 1. The molecular weight excluding hydrogens is 300 g/mol. The number of hydrogen-bond donors (Lipinski definition) is 2. The predicted octanol–water partition coefficient (Wildman–Crippen LogP) is 2.25. The van der Waals surface area contributed by atoms with Gasteiger partial charge in [0.25, 0.3) is 5.91 Å². The Morgan fingerprint density at radius 1 is 1.56 bits per heavy atom. The zero-order valence-corrected chi connectivity index (χ0v) is 12.0. The Morgan fingerprint density at radius 3 is 2.78 bits per heavy atom. The summed E-state index contributed by atoms with van der Waals surface area (Å²) in [7, 11) is 0. The molecule has 0 aliphatic carbocycles. The van der Waals surface area contributed by atoms with Crippen LogP contribution >= 0.6 is 15.9 Å². The van der Waals surface area contributed by atoms with E-state index in [4.69, 9.17) is 5.11 Å². The van der Waals surface area contributed by atoms with Crippen molar-refractivity contribution in [3.8, 4) is 0 Å². The largest absolute Gasteiger partial charge is 0.481 e. The first-order valence-corrected chi connectivity index (χ1v) is 6.61. The maximum absolute atomic E-state index is 12.0. The van der Waals surface area contributed by atoms with Gasteiger partial charge in [-0.1, -0.05) is 6.92 Å². The molecule has 1 amide bonds. The van der Waals surface area contributed by atoms with Gasteiger partial charge < -0.3 is 15.0 Å². The second-order valence-electron chi connectivity index (χ2n) is 4.21. The van der Waals surface area contributed by atoms with Gasteiger partial charge >= 0.3 is 5.97 Å². The molecule has 1 aromatic rings. The van der Waals surface area contributed by atoms with Crippen LogP contribution in [0.4, 0.5) is 0 Å². The number of aliphatic carboxylic acids is 1. The van der Waals surface area contributed by atoms with Gasteiger partial charge in [0.1, 0.15) is 5.69 Å². The van der Waals surface area contributed by atoms with Crippen LogP contribution in [-0.2, 0) is 11.3 Å². The summed E-state index contributed by atoms with van der Waals surface area (Å²) in [6.45, 7) is 4.46. The van der Waals surface area contributed by atoms with Crippen molar-refractivity contribution in [3.05, 3.63) is 22.4 Å². The number of aromatic nitrogens is 1. The highest BCUT2D eigenvalue weighted by molar-refractivity contribution is 9.10. The van der Waals surface area contributed by atoms with Crippen LogP contribution in [0.5, 0.6) is 0 Å². The number of aryl methyl sites for hydroxylation is 1. The van der Waals surface area contributed by atoms with Crippen LogP contribution in [0.1, 0.15) is 37.2 Å². The maximum atomic E-state index is 12.0. The minimum Gasteiger partial charge on any atom is -0.481 e. The normalized spacial score (nSPS) is 12.2. The van der Waals surface area contributed by atoms with Crippen molar-refractivity contribution < 1.29 is 14.7 Å². The first-order chi connectivity index (χ1) is 8.43. The molecule has 0 saturated carbocycles. The van der Waals surface area contributed by atoms with E-state index in [1.165, 1.54) is 0 Å². The molecule has 6 heteroatoms. The van der Waals surface area contributed by atoms with E-state index in [0.29, 0.717) is 5.69 Å². The second-order valence-corrected chi connectivity index (χ2v) is 5.13. The van der Waals surface area contributed by atoms with E-state index in [0.717, 1.165) is 17.4 Å².